The van der Waals surface area contributed by atoms with Crippen LogP contribution in [0.25, 0.3) is 0 Å². The Morgan fingerprint density at radius 2 is 1.71 bits per heavy atom. The molecule has 0 bridgehead atoms. The van der Waals surface area contributed by atoms with Crippen molar-refractivity contribution in [1.82, 2.24) is 0 Å². The van der Waals surface area contributed by atoms with Crippen molar-refractivity contribution in [2.45, 2.75) is 6.18 Å². The molecule has 7 heteroatoms. The molecule has 0 aliphatic carbocycles. The fourth-order valence-electron chi connectivity index (χ4n) is 1.70. The Balaban J connectivity index is 2.34. The van der Waals surface area contributed by atoms with E-state index in [0.717, 1.165) is 12.1 Å². The summed E-state index contributed by atoms with van der Waals surface area (Å²) >= 11 is 9.11. The van der Waals surface area contributed by atoms with Crippen molar-refractivity contribution in [1.29, 1.82) is 5.26 Å². The first-order valence-corrected chi connectivity index (χ1v) is 6.82. The average Bonchev–Trinajstić information content (AvgIpc) is 2.41. The minimum absolute atomic E-state index is 0.383. The van der Waals surface area contributed by atoms with Crippen molar-refractivity contribution in [3.8, 4) is 6.07 Å². The number of nitrogens with zero attached hydrogens (tertiary/aromatic N) is 1. The summed E-state index contributed by atoms with van der Waals surface area (Å²) in [6, 6.07) is 9.87. The highest BCUT2D eigenvalue weighted by Crippen LogP contribution is 2.34. The van der Waals surface area contributed by atoms with E-state index in [4.69, 9.17) is 16.9 Å². The number of hydrogen-bond donors (Lipinski definition) is 1. The highest BCUT2D eigenvalue weighted by molar-refractivity contribution is 9.10. The van der Waals surface area contributed by atoms with E-state index in [1.807, 2.05) is 0 Å². The average molecular weight is 376 g/mol. The molecule has 0 aliphatic rings. The summed E-state index contributed by atoms with van der Waals surface area (Å²) in [4.78, 5) is 0. The van der Waals surface area contributed by atoms with Crippen LogP contribution >= 0.6 is 27.5 Å². The number of hydrogen-bond acceptors (Lipinski definition) is 2. The van der Waals surface area contributed by atoms with Crippen LogP contribution in [0, 0.1) is 11.3 Å². The maximum Gasteiger partial charge on any atom is 0.417 e. The highest BCUT2D eigenvalue weighted by Gasteiger charge is 2.33. The summed E-state index contributed by atoms with van der Waals surface area (Å²) in [7, 11) is 0. The van der Waals surface area contributed by atoms with E-state index in [1.165, 1.54) is 6.07 Å². The van der Waals surface area contributed by atoms with Gasteiger partial charge in [0.15, 0.2) is 0 Å². The Kier molecular flexibility index (Phi) is 4.45. The molecule has 0 fully saturated rings. The van der Waals surface area contributed by atoms with E-state index >= 15 is 0 Å². The molecule has 0 heterocycles. The number of benzene rings is 2. The van der Waals surface area contributed by atoms with Gasteiger partial charge in [-0.15, -0.1) is 0 Å². The molecular weight excluding hydrogens is 369 g/mol. The van der Waals surface area contributed by atoms with Gasteiger partial charge in [-0.05, 0) is 52.3 Å². The summed E-state index contributed by atoms with van der Waals surface area (Å²) in [5.41, 5.74) is -0.364. The highest BCUT2D eigenvalue weighted by atomic mass is 79.9. The van der Waals surface area contributed by atoms with E-state index in [2.05, 4.69) is 21.2 Å². The standard InChI is InChI=1S/C14H7BrClF3N2/c15-12-6-10(2-4-13(12)16)21-9-1-3-11(14(17,18)19)8(5-9)7-20/h1-6,21H. The van der Waals surface area contributed by atoms with Gasteiger partial charge < -0.3 is 5.32 Å². The predicted molar refractivity (Wildman–Crippen MR) is 78.6 cm³/mol. The van der Waals surface area contributed by atoms with Gasteiger partial charge in [0, 0.05) is 15.8 Å². The van der Waals surface area contributed by atoms with Gasteiger partial charge in [-0.25, -0.2) is 0 Å². The fraction of sp³-hybridized carbons (Fsp3) is 0.0714. The number of rotatable bonds is 2. The molecule has 0 amide bonds. The molecule has 2 aromatic carbocycles. The Labute approximate surface area is 132 Å². The third-order valence-electron chi connectivity index (χ3n) is 2.65. The molecule has 21 heavy (non-hydrogen) atoms. The Morgan fingerprint density at radius 3 is 2.29 bits per heavy atom. The molecule has 0 saturated carbocycles. The van der Waals surface area contributed by atoms with Gasteiger partial charge >= 0.3 is 6.18 Å². The van der Waals surface area contributed by atoms with Crippen LogP contribution in [-0.2, 0) is 6.18 Å². The van der Waals surface area contributed by atoms with Crippen LogP contribution in [0.15, 0.2) is 40.9 Å². The minimum Gasteiger partial charge on any atom is -0.355 e. The van der Waals surface area contributed by atoms with Crippen LogP contribution < -0.4 is 5.32 Å². The second-order valence-electron chi connectivity index (χ2n) is 4.12. The molecular formula is C14H7BrClF3N2. The van der Waals surface area contributed by atoms with E-state index in [0.29, 0.717) is 20.9 Å². The quantitative estimate of drug-likeness (QED) is 0.727. The molecule has 1 N–H and O–H groups in total. The summed E-state index contributed by atoms with van der Waals surface area (Å²) in [5, 5.41) is 12.3. The Morgan fingerprint density at radius 1 is 1.10 bits per heavy atom. The van der Waals surface area contributed by atoms with E-state index in [1.54, 1.807) is 24.3 Å². The minimum atomic E-state index is -4.55. The maximum atomic E-state index is 12.7. The number of halogens is 5. The topological polar surface area (TPSA) is 35.8 Å². The second kappa shape index (κ2) is 5.96. The molecule has 0 aromatic heterocycles. The SMILES string of the molecule is N#Cc1cc(Nc2ccc(Cl)c(Br)c2)ccc1C(F)(F)F. The van der Waals surface area contributed by atoms with Gasteiger partial charge in [0.1, 0.15) is 0 Å². The predicted octanol–water partition coefficient (Wildman–Crippen LogP) is 5.74. The van der Waals surface area contributed by atoms with Gasteiger partial charge in [-0.3, -0.25) is 0 Å². The summed E-state index contributed by atoms with van der Waals surface area (Å²) in [6.45, 7) is 0. The van der Waals surface area contributed by atoms with Gasteiger partial charge in [-0.2, -0.15) is 18.4 Å². The smallest absolute Gasteiger partial charge is 0.355 e. The lowest BCUT2D eigenvalue weighted by molar-refractivity contribution is -0.137. The molecule has 0 saturated heterocycles. The zero-order valence-electron chi connectivity index (χ0n) is 10.3. The van der Waals surface area contributed by atoms with Crippen LogP contribution in [0.5, 0.6) is 0 Å². The number of nitriles is 1. The molecule has 2 rings (SSSR count). The van der Waals surface area contributed by atoms with Gasteiger partial charge in [0.2, 0.25) is 0 Å². The normalized spacial score (nSPS) is 11.0. The molecule has 0 radical (unpaired) electrons. The molecule has 108 valence electrons. The monoisotopic (exact) mass is 374 g/mol. The first-order valence-electron chi connectivity index (χ1n) is 5.64. The van der Waals surface area contributed by atoms with Crippen LogP contribution in [0.4, 0.5) is 24.5 Å². The lowest BCUT2D eigenvalue weighted by atomic mass is 10.1. The van der Waals surface area contributed by atoms with E-state index < -0.39 is 17.3 Å². The van der Waals surface area contributed by atoms with Crippen molar-refractivity contribution in [3.05, 3.63) is 57.0 Å². The van der Waals surface area contributed by atoms with Crippen LogP contribution in [0.2, 0.25) is 5.02 Å². The molecule has 2 aromatic rings. The van der Waals surface area contributed by atoms with Crippen molar-refractivity contribution >= 4 is 38.9 Å². The summed E-state index contributed by atoms with van der Waals surface area (Å²) in [6.07, 6.45) is -4.55. The van der Waals surface area contributed by atoms with Gasteiger partial charge in [-0.1, -0.05) is 11.6 Å². The number of alkyl halides is 3. The summed E-state index contributed by atoms with van der Waals surface area (Å²) in [5.74, 6) is 0. The third-order valence-corrected chi connectivity index (χ3v) is 3.87. The van der Waals surface area contributed by atoms with Crippen molar-refractivity contribution in [2.24, 2.45) is 0 Å². The molecule has 0 unspecified atom stereocenters. The van der Waals surface area contributed by atoms with Gasteiger partial charge in [0.25, 0.3) is 0 Å². The Bertz CT molecular complexity index is 723. The fourth-order valence-corrected chi connectivity index (χ4v) is 2.20. The van der Waals surface area contributed by atoms with Crippen LogP contribution in [0.3, 0.4) is 0 Å². The van der Waals surface area contributed by atoms with Crippen molar-refractivity contribution < 1.29 is 13.2 Å². The molecule has 0 aliphatic heterocycles. The molecule has 2 nitrogen and oxygen atoms in total. The number of anilines is 2. The second-order valence-corrected chi connectivity index (χ2v) is 5.39. The van der Waals surface area contributed by atoms with E-state index in [-0.39, 0.29) is 0 Å². The lowest BCUT2D eigenvalue weighted by Crippen LogP contribution is -2.08. The maximum absolute atomic E-state index is 12.7. The van der Waals surface area contributed by atoms with Crippen LogP contribution in [-0.4, -0.2) is 0 Å². The molecule has 0 atom stereocenters. The molecule has 0 spiro atoms. The zero-order valence-corrected chi connectivity index (χ0v) is 12.6. The van der Waals surface area contributed by atoms with Crippen molar-refractivity contribution in [3.63, 3.8) is 0 Å². The summed E-state index contributed by atoms with van der Waals surface area (Å²) < 4.78 is 38.8. The largest absolute Gasteiger partial charge is 0.417 e. The first kappa shape index (κ1) is 15.7. The van der Waals surface area contributed by atoms with Crippen LogP contribution in [0.1, 0.15) is 11.1 Å². The van der Waals surface area contributed by atoms with Crippen molar-refractivity contribution in [2.75, 3.05) is 5.32 Å². The first-order chi connectivity index (χ1) is 9.81. The number of nitrogens with one attached hydrogen (secondary N) is 1. The third kappa shape index (κ3) is 3.69. The van der Waals surface area contributed by atoms with E-state index in [9.17, 15) is 13.2 Å². The zero-order chi connectivity index (χ0) is 15.6. The van der Waals surface area contributed by atoms with Gasteiger partial charge in [0.05, 0.1) is 22.2 Å². The lowest BCUT2D eigenvalue weighted by Gasteiger charge is -2.12. The Hall–Kier alpha value is -1.71.